The van der Waals surface area contributed by atoms with E-state index in [1.807, 2.05) is 24.3 Å². The van der Waals surface area contributed by atoms with Crippen LogP contribution in [0.3, 0.4) is 0 Å². The summed E-state index contributed by atoms with van der Waals surface area (Å²) in [5, 5.41) is 3.29. The molecule has 2 aliphatic heterocycles. The van der Waals surface area contributed by atoms with E-state index in [9.17, 15) is 4.79 Å². The van der Waals surface area contributed by atoms with Gasteiger partial charge in [0.1, 0.15) is 32.7 Å². The van der Waals surface area contributed by atoms with Crippen LogP contribution in [0.15, 0.2) is 48.5 Å². The highest BCUT2D eigenvalue weighted by atomic mass is 16.7. The summed E-state index contributed by atoms with van der Waals surface area (Å²) in [5.41, 5.74) is 2.47. The van der Waals surface area contributed by atoms with Gasteiger partial charge in [0.15, 0.2) is 18.0 Å². The Hall–Kier alpha value is -2.57. The molecule has 6 heteroatoms. The molecular formula is C25H35N3O3+2. The van der Waals surface area contributed by atoms with E-state index in [4.69, 9.17) is 9.47 Å². The molecule has 1 fully saturated rings. The van der Waals surface area contributed by atoms with Gasteiger partial charge < -0.3 is 24.6 Å². The van der Waals surface area contributed by atoms with E-state index in [1.54, 1.807) is 4.90 Å². The van der Waals surface area contributed by atoms with E-state index in [1.165, 1.54) is 16.0 Å². The second kappa shape index (κ2) is 10.2. The first-order valence-corrected chi connectivity index (χ1v) is 11.5. The van der Waals surface area contributed by atoms with E-state index >= 15 is 0 Å². The van der Waals surface area contributed by atoms with Crippen molar-refractivity contribution >= 4 is 5.91 Å². The zero-order valence-electron chi connectivity index (χ0n) is 18.7. The summed E-state index contributed by atoms with van der Waals surface area (Å²) in [6, 6.07) is 16.6. The number of fused-ring (bicyclic) bond motifs is 1. The third-order valence-electron chi connectivity index (χ3n) is 6.21. The first-order chi connectivity index (χ1) is 15.1. The Bertz CT molecular complexity index is 864. The first kappa shape index (κ1) is 21.7. The topological polar surface area (TPSA) is 56.4 Å². The Labute approximate surface area is 185 Å². The molecule has 0 saturated carbocycles. The number of piperazine rings is 1. The van der Waals surface area contributed by atoms with Crippen LogP contribution in [0.25, 0.3) is 0 Å². The van der Waals surface area contributed by atoms with Crippen molar-refractivity contribution < 1.29 is 24.1 Å². The lowest BCUT2D eigenvalue weighted by Gasteiger charge is -2.30. The number of hydrogen-bond acceptors (Lipinski definition) is 3. The van der Waals surface area contributed by atoms with Crippen LogP contribution in [-0.2, 0) is 11.3 Å². The molecule has 1 atom stereocenters. The average molecular weight is 426 g/mol. The van der Waals surface area contributed by atoms with Crippen molar-refractivity contribution in [3.63, 3.8) is 0 Å². The van der Waals surface area contributed by atoms with E-state index < -0.39 is 0 Å². The zero-order chi connectivity index (χ0) is 21.6. The fourth-order valence-electron chi connectivity index (χ4n) is 4.56. The van der Waals surface area contributed by atoms with Crippen molar-refractivity contribution in [2.45, 2.75) is 32.9 Å². The van der Waals surface area contributed by atoms with E-state index in [-0.39, 0.29) is 11.9 Å². The maximum Gasteiger partial charge on any atom is 0.275 e. The number of carbonyl (C=O) groups excluding carboxylic acids is 1. The van der Waals surface area contributed by atoms with Gasteiger partial charge in [0.05, 0.1) is 6.04 Å². The number of amides is 1. The third-order valence-corrected chi connectivity index (χ3v) is 6.21. The molecule has 166 valence electrons. The molecule has 1 saturated heterocycles. The Morgan fingerprint density at radius 1 is 0.968 bits per heavy atom. The summed E-state index contributed by atoms with van der Waals surface area (Å²) >= 11 is 0. The van der Waals surface area contributed by atoms with Gasteiger partial charge in [0.2, 0.25) is 6.79 Å². The lowest BCUT2D eigenvalue weighted by atomic mass is 9.97. The van der Waals surface area contributed by atoms with Gasteiger partial charge >= 0.3 is 0 Å². The number of rotatable bonds is 8. The van der Waals surface area contributed by atoms with Crippen LogP contribution in [0.1, 0.15) is 37.4 Å². The number of carbonyl (C=O) groups is 1. The predicted molar refractivity (Wildman–Crippen MR) is 119 cm³/mol. The minimum absolute atomic E-state index is 0.0889. The van der Waals surface area contributed by atoms with Crippen LogP contribution in [0, 0.1) is 5.92 Å². The largest absolute Gasteiger partial charge is 0.454 e. The lowest BCUT2D eigenvalue weighted by Crippen LogP contribution is -3.28. The maximum absolute atomic E-state index is 12.8. The first-order valence-electron chi connectivity index (χ1n) is 11.5. The number of nitrogens with one attached hydrogen (secondary N) is 3. The standard InChI is InChI=1S/C25H33N3O3/c1-19(2)14-22(21-6-4-3-5-7-21)26-25(29)17-28-12-10-27(11-13-28)16-20-8-9-23-24(15-20)31-18-30-23/h3-9,15,19,22H,10-14,16-18H2,1-2H3,(H,26,29)/p+2/t22-/m1/s1. The minimum atomic E-state index is 0.0889. The zero-order valence-corrected chi connectivity index (χ0v) is 18.7. The number of hydrogen-bond donors (Lipinski definition) is 3. The van der Waals surface area contributed by atoms with Crippen molar-refractivity contribution in [2.75, 3.05) is 39.5 Å². The number of quaternary nitrogens is 2. The third kappa shape index (κ3) is 5.99. The van der Waals surface area contributed by atoms with Crippen molar-refractivity contribution in [1.82, 2.24) is 5.32 Å². The molecule has 2 aliphatic rings. The van der Waals surface area contributed by atoms with Gasteiger partial charge in [0, 0.05) is 5.56 Å². The van der Waals surface area contributed by atoms with Crippen molar-refractivity contribution in [3.05, 3.63) is 59.7 Å². The highest BCUT2D eigenvalue weighted by molar-refractivity contribution is 5.77. The van der Waals surface area contributed by atoms with Crippen LogP contribution < -0.4 is 24.6 Å². The summed E-state index contributed by atoms with van der Waals surface area (Å²) in [7, 11) is 0. The van der Waals surface area contributed by atoms with E-state index in [2.05, 4.69) is 43.4 Å². The molecule has 4 rings (SSSR count). The molecule has 6 nitrogen and oxygen atoms in total. The van der Waals surface area contributed by atoms with Crippen molar-refractivity contribution in [1.29, 1.82) is 0 Å². The summed E-state index contributed by atoms with van der Waals surface area (Å²) in [6.45, 7) is 10.5. The Morgan fingerprint density at radius 2 is 1.68 bits per heavy atom. The monoisotopic (exact) mass is 425 g/mol. The van der Waals surface area contributed by atoms with Gasteiger partial charge in [-0.25, -0.2) is 0 Å². The molecule has 3 N–H and O–H groups in total. The summed E-state index contributed by atoms with van der Waals surface area (Å²) in [6.07, 6.45) is 0.957. The van der Waals surface area contributed by atoms with Crippen molar-refractivity contribution in [3.8, 4) is 11.5 Å². The second-order valence-corrected chi connectivity index (χ2v) is 9.20. The maximum atomic E-state index is 12.8. The fraction of sp³-hybridized carbons (Fsp3) is 0.480. The molecule has 2 aromatic rings. The van der Waals surface area contributed by atoms with Gasteiger partial charge in [-0.1, -0.05) is 44.2 Å². The molecule has 0 aromatic heterocycles. The van der Waals surface area contributed by atoms with Gasteiger partial charge in [0.25, 0.3) is 5.91 Å². The molecular weight excluding hydrogens is 390 g/mol. The second-order valence-electron chi connectivity index (χ2n) is 9.20. The van der Waals surface area contributed by atoms with Crippen LogP contribution in [0.4, 0.5) is 0 Å². The van der Waals surface area contributed by atoms with Crippen LogP contribution in [0.5, 0.6) is 11.5 Å². The van der Waals surface area contributed by atoms with Crippen LogP contribution in [0.2, 0.25) is 0 Å². The SMILES string of the molecule is CC(C)C[C@@H](NC(=O)C[NH+]1CC[NH+](Cc2ccc3c(c2)OCO3)CC1)c1ccccc1. The molecule has 0 spiro atoms. The number of benzene rings is 2. The smallest absolute Gasteiger partial charge is 0.275 e. The highest BCUT2D eigenvalue weighted by Gasteiger charge is 2.26. The summed E-state index contributed by atoms with van der Waals surface area (Å²) in [4.78, 5) is 15.7. The summed E-state index contributed by atoms with van der Waals surface area (Å²) in [5.74, 6) is 2.38. The van der Waals surface area contributed by atoms with Gasteiger partial charge in [-0.15, -0.1) is 0 Å². The molecule has 2 heterocycles. The van der Waals surface area contributed by atoms with Crippen LogP contribution in [-0.4, -0.2) is 45.4 Å². The summed E-state index contributed by atoms with van der Waals surface area (Å²) < 4.78 is 10.9. The number of ether oxygens (including phenoxy) is 2. The van der Waals surface area contributed by atoms with Gasteiger partial charge in [-0.3, -0.25) is 4.79 Å². The van der Waals surface area contributed by atoms with E-state index in [0.29, 0.717) is 19.3 Å². The predicted octanol–water partition coefficient (Wildman–Crippen LogP) is 0.602. The molecule has 31 heavy (non-hydrogen) atoms. The van der Waals surface area contributed by atoms with Crippen LogP contribution >= 0.6 is 0 Å². The quantitative estimate of drug-likeness (QED) is 0.581. The molecule has 0 bridgehead atoms. The molecule has 2 aromatic carbocycles. The minimum Gasteiger partial charge on any atom is -0.454 e. The lowest BCUT2D eigenvalue weighted by molar-refractivity contribution is -1.02. The van der Waals surface area contributed by atoms with Gasteiger partial charge in [-0.2, -0.15) is 0 Å². The van der Waals surface area contributed by atoms with E-state index in [0.717, 1.165) is 50.6 Å². The Balaban J connectivity index is 1.24. The normalized spacial score (nSPS) is 21.1. The van der Waals surface area contributed by atoms with Gasteiger partial charge in [-0.05, 0) is 36.1 Å². The molecule has 0 radical (unpaired) electrons. The molecule has 0 unspecified atom stereocenters. The molecule has 1 amide bonds. The highest BCUT2D eigenvalue weighted by Crippen LogP contribution is 2.32. The fourth-order valence-corrected chi connectivity index (χ4v) is 4.56. The molecule has 0 aliphatic carbocycles. The van der Waals surface area contributed by atoms with Crippen molar-refractivity contribution in [2.24, 2.45) is 5.92 Å². The Kier molecular flexibility index (Phi) is 7.10. The Morgan fingerprint density at radius 3 is 2.42 bits per heavy atom. The average Bonchev–Trinajstić information content (AvgIpc) is 3.23.